The van der Waals surface area contributed by atoms with E-state index in [-0.39, 0.29) is 47.0 Å². The molecule has 4 rings (SSSR count). The number of likely N-dealkylation sites (tertiary alicyclic amines) is 1. The SMILES string of the molecule is O=C(O)C1CN(C2COc3cc(OCCc4c(Cl)cccc4Cl)ccc3C2)C1.[Na+].[OH-]. The topological polar surface area (TPSA) is 89.0 Å². The van der Waals surface area contributed by atoms with Gasteiger partial charge in [0.25, 0.3) is 0 Å². The smallest absolute Gasteiger partial charge is 0.870 e. The molecule has 0 bridgehead atoms. The van der Waals surface area contributed by atoms with Crippen molar-refractivity contribution in [2.45, 2.75) is 18.9 Å². The number of nitrogens with zero attached hydrogens (tertiary/aromatic N) is 1. The third-order valence-electron chi connectivity index (χ3n) is 5.38. The second-order valence-corrected chi connectivity index (χ2v) is 8.04. The number of hydrogen-bond acceptors (Lipinski definition) is 5. The zero-order valence-electron chi connectivity index (χ0n) is 16.7. The third kappa shape index (κ3) is 5.62. The zero-order valence-corrected chi connectivity index (χ0v) is 20.2. The molecule has 2 aliphatic rings. The van der Waals surface area contributed by atoms with E-state index in [1.807, 2.05) is 36.4 Å². The van der Waals surface area contributed by atoms with Gasteiger partial charge in [0.2, 0.25) is 0 Å². The molecule has 2 heterocycles. The van der Waals surface area contributed by atoms with Crippen LogP contribution in [0.25, 0.3) is 0 Å². The molecule has 2 aliphatic heterocycles. The fourth-order valence-electron chi connectivity index (χ4n) is 3.67. The van der Waals surface area contributed by atoms with E-state index in [1.54, 1.807) is 0 Å². The maximum Gasteiger partial charge on any atom is 1.00 e. The number of carboxylic acid groups (broad SMARTS) is 1. The van der Waals surface area contributed by atoms with E-state index in [4.69, 9.17) is 37.8 Å². The van der Waals surface area contributed by atoms with Gasteiger partial charge in [-0.25, -0.2) is 0 Å². The summed E-state index contributed by atoms with van der Waals surface area (Å²) >= 11 is 12.4. The Morgan fingerprint density at radius 1 is 1.20 bits per heavy atom. The molecule has 1 saturated heterocycles. The van der Waals surface area contributed by atoms with Crippen LogP contribution in [0.5, 0.6) is 11.5 Å². The first-order chi connectivity index (χ1) is 13.5. The molecular formula is C21H22Cl2NNaO5. The molecule has 0 aromatic heterocycles. The Morgan fingerprint density at radius 3 is 2.57 bits per heavy atom. The minimum atomic E-state index is -0.715. The summed E-state index contributed by atoms with van der Waals surface area (Å²) < 4.78 is 11.8. The van der Waals surface area contributed by atoms with Crippen LogP contribution in [0.4, 0.5) is 0 Å². The number of rotatable bonds is 6. The molecule has 156 valence electrons. The molecule has 0 radical (unpaired) electrons. The Hall–Kier alpha value is -0.990. The first-order valence-electron chi connectivity index (χ1n) is 9.29. The average Bonchev–Trinajstić information content (AvgIpc) is 2.62. The molecule has 0 aliphatic carbocycles. The predicted octanol–water partition coefficient (Wildman–Crippen LogP) is 0.762. The number of aliphatic carboxylic acids is 1. The van der Waals surface area contributed by atoms with Gasteiger partial charge in [0.15, 0.2) is 0 Å². The molecule has 1 fully saturated rings. The number of carboxylic acids is 1. The second-order valence-electron chi connectivity index (χ2n) is 7.23. The Balaban J connectivity index is 0.00000160. The number of benzene rings is 2. The van der Waals surface area contributed by atoms with Crippen LogP contribution < -0.4 is 39.0 Å². The van der Waals surface area contributed by atoms with Gasteiger partial charge in [-0.3, -0.25) is 9.69 Å². The standard InChI is InChI=1S/C21H21Cl2NO4.Na.H2O/c22-18-2-1-3-19(23)17(18)6-7-27-16-5-4-13-8-15(12-28-20(13)9-16)24-10-14(11-24)21(25)26;;/h1-5,9,14-15H,6-8,10-12H2,(H,25,26);;1H2/q;+1;/p-1. The molecular weight excluding hydrogens is 440 g/mol. The maximum absolute atomic E-state index is 11.0. The van der Waals surface area contributed by atoms with Gasteiger partial charge in [-0.1, -0.05) is 35.3 Å². The summed E-state index contributed by atoms with van der Waals surface area (Å²) in [5.74, 6) is 0.618. The van der Waals surface area contributed by atoms with Crippen molar-refractivity contribution < 1.29 is 54.4 Å². The van der Waals surface area contributed by atoms with Gasteiger partial charge < -0.3 is 20.1 Å². The summed E-state index contributed by atoms with van der Waals surface area (Å²) in [4.78, 5) is 13.2. The van der Waals surface area contributed by atoms with Gasteiger partial charge in [0.1, 0.15) is 18.1 Å². The minimum Gasteiger partial charge on any atom is -0.870 e. The van der Waals surface area contributed by atoms with E-state index in [2.05, 4.69) is 4.90 Å². The Labute approximate surface area is 207 Å². The van der Waals surface area contributed by atoms with Gasteiger partial charge in [-0.2, -0.15) is 0 Å². The summed E-state index contributed by atoms with van der Waals surface area (Å²) in [7, 11) is 0. The minimum absolute atomic E-state index is 0. The molecule has 0 saturated carbocycles. The molecule has 1 atom stereocenters. The van der Waals surface area contributed by atoms with Crippen molar-refractivity contribution in [1.29, 1.82) is 0 Å². The van der Waals surface area contributed by atoms with Gasteiger partial charge in [-0.05, 0) is 35.7 Å². The van der Waals surface area contributed by atoms with Crippen LogP contribution in [0.2, 0.25) is 10.0 Å². The fraction of sp³-hybridized carbons (Fsp3) is 0.381. The van der Waals surface area contributed by atoms with E-state index in [9.17, 15) is 4.79 Å². The van der Waals surface area contributed by atoms with E-state index in [1.165, 1.54) is 0 Å². The monoisotopic (exact) mass is 461 g/mol. The number of ether oxygens (including phenoxy) is 2. The molecule has 2 aromatic rings. The summed E-state index contributed by atoms with van der Waals surface area (Å²) in [5.41, 5.74) is 2.01. The van der Waals surface area contributed by atoms with E-state index >= 15 is 0 Å². The van der Waals surface area contributed by atoms with Crippen LogP contribution >= 0.6 is 23.2 Å². The van der Waals surface area contributed by atoms with Crippen molar-refractivity contribution in [3.05, 3.63) is 57.6 Å². The van der Waals surface area contributed by atoms with Crippen LogP contribution in [0, 0.1) is 5.92 Å². The van der Waals surface area contributed by atoms with Crippen LogP contribution in [0.15, 0.2) is 36.4 Å². The summed E-state index contributed by atoms with van der Waals surface area (Å²) in [6.45, 7) is 2.24. The number of carbonyl (C=O) groups is 1. The molecule has 0 amide bonds. The van der Waals surface area contributed by atoms with Crippen molar-refractivity contribution in [2.75, 3.05) is 26.3 Å². The summed E-state index contributed by atoms with van der Waals surface area (Å²) in [6, 6.07) is 11.6. The molecule has 2 aromatic carbocycles. The van der Waals surface area contributed by atoms with Gasteiger partial charge in [0, 0.05) is 41.7 Å². The fourth-order valence-corrected chi connectivity index (χ4v) is 4.26. The van der Waals surface area contributed by atoms with E-state index in [0.29, 0.717) is 42.8 Å². The van der Waals surface area contributed by atoms with Crippen molar-refractivity contribution in [1.82, 2.24) is 4.90 Å². The first-order valence-corrected chi connectivity index (χ1v) is 10.0. The number of hydrogen-bond donors (Lipinski definition) is 1. The van der Waals surface area contributed by atoms with Crippen LogP contribution in [0.1, 0.15) is 11.1 Å². The Morgan fingerprint density at radius 2 is 1.90 bits per heavy atom. The summed E-state index contributed by atoms with van der Waals surface area (Å²) in [5, 5.41) is 10.3. The quantitative estimate of drug-likeness (QED) is 0.638. The Kier molecular flexibility index (Phi) is 9.31. The summed E-state index contributed by atoms with van der Waals surface area (Å²) in [6.07, 6.45) is 1.48. The second kappa shape index (κ2) is 11.0. The number of halogens is 2. The molecule has 2 N–H and O–H groups in total. The number of fused-ring (bicyclic) bond motifs is 1. The molecule has 6 nitrogen and oxygen atoms in total. The van der Waals surface area contributed by atoms with Gasteiger partial charge >= 0.3 is 35.5 Å². The average molecular weight is 462 g/mol. The van der Waals surface area contributed by atoms with Crippen molar-refractivity contribution in [3.8, 4) is 11.5 Å². The first kappa shape index (κ1) is 25.3. The molecule has 9 heteroatoms. The molecule has 30 heavy (non-hydrogen) atoms. The Bertz CT molecular complexity index is 871. The van der Waals surface area contributed by atoms with E-state index in [0.717, 1.165) is 29.0 Å². The van der Waals surface area contributed by atoms with Crippen molar-refractivity contribution in [2.24, 2.45) is 5.92 Å². The van der Waals surface area contributed by atoms with Gasteiger partial charge in [0.05, 0.1) is 12.5 Å². The van der Waals surface area contributed by atoms with Gasteiger partial charge in [-0.15, -0.1) is 0 Å². The maximum atomic E-state index is 11.0. The largest absolute Gasteiger partial charge is 1.00 e. The van der Waals surface area contributed by atoms with E-state index < -0.39 is 5.97 Å². The zero-order chi connectivity index (χ0) is 19.7. The van der Waals surface area contributed by atoms with Crippen LogP contribution in [0.3, 0.4) is 0 Å². The molecule has 0 spiro atoms. The van der Waals surface area contributed by atoms with Crippen LogP contribution in [-0.4, -0.2) is 53.8 Å². The third-order valence-corrected chi connectivity index (χ3v) is 6.09. The predicted molar refractivity (Wildman–Crippen MR) is 110 cm³/mol. The van der Waals surface area contributed by atoms with Crippen molar-refractivity contribution >= 4 is 29.2 Å². The normalized spacial score (nSPS) is 18.1. The van der Waals surface area contributed by atoms with Crippen LogP contribution in [-0.2, 0) is 17.6 Å². The molecule has 1 unspecified atom stereocenters. The van der Waals surface area contributed by atoms with Crippen molar-refractivity contribution in [3.63, 3.8) is 0 Å².